The fourth-order valence-corrected chi connectivity index (χ4v) is 2.07. The lowest BCUT2D eigenvalue weighted by Gasteiger charge is -2.31. The number of aliphatic hydroxyl groups is 1. The van der Waals surface area contributed by atoms with Crippen molar-refractivity contribution < 1.29 is 14.4 Å². The van der Waals surface area contributed by atoms with Gasteiger partial charge < -0.3 is 14.5 Å². The average Bonchev–Trinajstić information content (AvgIpc) is 2.74. The van der Waals surface area contributed by atoms with Crippen LogP contribution in [0.3, 0.4) is 0 Å². The van der Waals surface area contributed by atoms with Crippen LogP contribution in [0.15, 0.2) is 10.7 Å². The summed E-state index contributed by atoms with van der Waals surface area (Å²) in [6.45, 7) is 3.25. The van der Waals surface area contributed by atoms with Crippen LogP contribution in [0.1, 0.15) is 29.0 Å². The molecular formula is C11H16N2O3. The molecule has 0 bridgehead atoms. The molecule has 1 N–H and O–H groups in total. The first-order valence-corrected chi connectivity index (χ1v) is 5.53. The number of likely N-dealkylation sites (tertiary alicyclic amines) is 1. The van der Waals surface area contributed by atoms with Gasteiger partial charge in [0.1, 0.15) is 11.3 Å². The van der Waals surface area contributed by atoms with Gasteiger partial charge in [-0.25, -0.2) is 0 Å². The van der Waals surface area contributed by atoms with Crippen molar-refractivity contribution in [1.82, 2.24) is 10.1 Å². The highest BCUT2D eigenvalue weighted by molar-refractivity contribution is 5.94. The number of aliphatic hydroxyl groups excluding tert-OH is 1. The van der Waals surface area contributed by atoms with Crippen LogP contribution in [0, 0.1) is 12.8 Å². The van der Waals surface area contributed by atoms with Gasteiger partial charge in [0.25, 0.3) is 5.91 Å². The Morgan fingerprint density at radius 2 is 2.56 bits per heavy atom. The molecule has 88 valence electrons. The standard InChI is InChI=1S/C11H16N2O3/c1-8-10(5-12-16-8)11(15)13-4-2-3-9(6-13)7-14/h5,9,14H,2-4,6-7H2,1H3. The molecule has 0 aromatic carbocycles. The smallest absolute Gasteiger partial charge is 0.259 e. The van der Waals surface area contributed by atoms with Crippen molar-refractivity contribution in [2.24, 2.45) is 5.92 Å². The van der Waals surface area contributed by atoms with Crippen LogP contribution < -0.4 is 0 Å². The van der Waals surface area contributed by atoms with Crippen LogP contribution in [0.2, 0.25) is 0 Å². The zero-order chi connectivity index (χ0) is 11.5. The van der Waals surface area contributed by atoms with E-state index >= 15 is 0 Å². The maximum absolute atomic E-state index is 12.1. The van der Waals surface area contributed by atoms with Crippen molar-refractivity contribution in [3.05, 3.63) is 17.5 Å². The number of rotatable bonds is 2. The van der Waals surface area contributed by atoms with Crippen molar-refractivity contribution >= 4 is 5.91 Å². The van der Waals surface area contributed by atoms with E-state index in [1.54, 1.807) is 11.8 Å². The number of carbonyl (C=O) groups is 1. The molecule has 0 spiro atoms. The number of hydrogen-bond donors (Lipinski definition) is 1. The number of carbonyl (C=O) groups excluding carboxylic acids is 1. The Balaban J connectivity index is 2.07. The van der Waals surface area contributed by atoms with E-state index in [1.165, 1.54) is 6.20 Å². The molecule has 1 unspecified atom stereocenters. The minimum absolute atomic E-state index is 0.0445. The predicted octanol–water partition coefficient (Wildman–Crippen LogP) is 0.828. The fourth-order valence-electron chi connectivity index (χ4n) is 2.07. The Morgan fingerprint density at radius 1 is 1.75 bits per heavy atom. The summed E-state index contributed by atoms with van der Waals surface area (Å²) < 4.78 is 4.88. The first-order valence-electron chi connectivity index (χ1n) is 5.53. The Morgan fingerprint density at radius 3 is 3.19 bits per heavy atom. The summed E-state index contributed by atoms with van der Waals surface area (Å²) in [7, 11) is 0. The highest BCUT2D eigenvalue weighted by atomic mass is 16.5. The quantitative estimate of drug-likeness (QED) is 0.808. The Hall–Kier alpha value is -1.36. The van der Waals surface area contributed by atoms with Crippen LogP contribution in [-0.2, 0) is 0 Å². The van der Waals surface area contributed by atoms with Gasteiger partial charge in [-0.1, -0.05) is 5.16 Å². The highest BCUT2D eigenvalue weighted by Gasteiger charge is 2.26. The van der Waals surface area contributed by atoms with E-state index in [4.69, 9.17) is 9.63 Å². The van der Waals surface area contributed by atoms with Crippen LogP contribution in [0.25, 0.3) is 0 Å². The maximum Gasteiger partial charge on any atom is 0.259 e. The van der Waals surface area contributed by atoms with Gasteiger partial charge in [0, 0.05) is 19.7 Å². The first kappa shape index (κ1) is 11.1. The lowest BCUT2D eigenvalue weighted by atomic mass is 9.98. The minimum Gasteiger partial charge on any atom is -0.396 e. The van der Waals surface area contributed by atoms with Crippen molar-refractivity contribution in [3.8, 4) is 0 Å². The Bertz CT molecular complexity index is 375. The summed E-state index contributed by atoms with van der Waals surface area (Å²) in [6.07, 6.45) is 3.39. The zero-order valence-electron chi connectivity index (χ0n) is 9.35. The van der Waals surface area contributed by atoms with Gasteiger partial charge in [-0.2, -0.15) is 0 Å². The summed E-state index contributed by atoms with van der Waals surface area (Å²) in [6, 6.07) is 0. The molecule has 0 saturated carbocycles. The molecule has 16 heavy (non-hydrogen) atoms. The van der Waals surface area contributed by atoms with Crippen molar-refractivity contribution in [3.63, 3.8) is 0 Å². The number of aromatic nitrogens is 1. The van der Waals surface area contributed by atoms with E-state index in [2.05, 4.69) is 5.16 Å². The first-order chi connectivity index (χ1) is 7.72. The maximum atomic E-state index is 12.1. The van der Waals surface area contributed by atoms with Gasteiger partial charge in [-0.05, 0) is 25.7 Å². The molecule has 1 aromatic rings. The number of nitrogens with zero attached hydrogens (tertiary/aromatic N) is 2. The molecular weight excluding hydrogens is 208 g/mol. The van der Waals surface area contributed by atoms with Crippen LogP contribution >= 0.6 is 0 Å². The molecule has 1 atom stereocenters. The number of aryl methyl sites for hydroxylation is 1. The molecule has 1 aliphatic heterocycles. The summed E-state index contributed by atoms with van der Waals surface area (Å²) in [5.74, 6) is 0.714. The van der Waals surface area contributed by atoms with Gasteiger partial charge >= 0.3 is 0 Å². The third-order valence-corrected chi connectivity index (χ3v) is 3.05. The number of piperidine rings is 1. The number of amides is 1. The highest BCUT2D eigenvalue weighted by Crippen LogP contribution is 2.19. The molecule has 0 radical (unpaired) electrons. The van der Waals surface area contributed by atoms with Gasteiger partial charge in [0.15, 0.2) is 0 Å². The van der Waals surface area contributed by atoms with E-state index in [0.29, 0.717) is 17.9 Å². The third-order valence-electron chi connectivity index (χ3n) is 3.05. The second-order valence-corrected chi connectivity index (χ2v) is 4.24. The van der Waals surface area contributed by atoms with Crippen LogP contribution in [0.5, 0.6) is 0 Å². The topological polar surface area (TPSA) is 66.6 Å². The molecule has 5 nitrogen and oxygen atoms in total. The minimum atomic E-state index is -0.0445. The predicted molar refractivity (Wildman–Crippen MR) is 57.0 cm³/mol. The van der Waals surface area contributed by atoms with Gasteiger partial charge in [-0.15, -0.1) is 0 Å². The van der Waals surface area contributed by atoms with Crippen molar-refractivity contribution in [2.45, 2.75) is 19.8 Å². The second-order valence-electron chi connectivity index (χ2n) is 4.24. The number of hydrogen-bond acceptors (Lipinski definition) is 4. The second kappa shape index (κ2) is 4.65. The molecule has 5 heteroatoms. The average molecular weight is 224 g/mol. The van der Waals surface area contributed by atoms with Crippen LogP contribution in [0.4, 0.5) is 0 Å². The summed E-state index contributed by atoms with van der Waals surface area (Å²) in [5, 5.41) is 12.7. The van der Waals surface area contributed by atoms with E-state index in [1.807, 2.05) is 0 Å². The van der Waals surface area contributed by atoms with E-state index < -0.39 is 0 Å². The molecule has 1 aliphatic rings. The lowest BCUT2D eigenvalue weighted by molar-refractivity contribution is 0.0619. The molecule has 1 fully saturated rings. The molecule has 2 heterocycles. The third kappa shape index (κ3) is 2.09. The zero-order valence-corrected chi connectivity index (χ0v) is 9.35. The van der Waals surface area contributed by atoms with Crippen molar-refractivity contribution in [2.75, 3.05) is 19.7 Å². The summed E-state index contributed by atoms with van der Waals surface area (Å²) in [4.78, 5) is 13.9. The monoisotopic (exact) mass is 224 g/mol. The van der Waals surface area contributed by atoms with Crippen LogP contribution in [-0.4, -0.2) is 40.8 Å². The Labute approximate surface area is 94.0 Å². The van der Waals surface area contributed by atoms with Gasteiger partial charge in [0.05, 0.1) is 6.20 Å². The largest absolute Gasteiger partial charge is 0.396 e. The summed E-state index contributed by atoms with van der Waals surface area (Å²) in [5.41, 5.74) is 0.526. The SMILES string of the molecule is Cc1oncc1C(=O)N1CCCC(CO)C1. The van der Waals surface area contributed by atoms with Gasteiger partial charge in [0.2, 0.25) is 0 Å². The van der Waals surface area contributed by atoms with E-state index in [-0.39, 0.29) is 18.4 Å². The van der Waals surface area contributed by atoms with Gasteiger partial charge in [-0.3, -0.25) is 4.79 Å². The molecule has 1 aromatic heterocycles. The summed E-state index contributed by atoms with van der Waals surface area (Å²) >= 11 is 0. The lowest BCUT2D eigenvalue weighted by Crippen LogP contribution is -2.41. The fraction of sp³-hybridized carbons (Fsp3) is 0.636. The van der Waals surface area contributed by atoms with E-state index in [0.717, 1.165) is 19.4 Å². The van der Waals surface area contributed by atoms with E-state index in [9.17, 15) is 4.79 Å². The molecule has 2 rings (SSSR count). The molecule has 1 amide bonds. The molecule has 0 aliphatic carbocycles. The Kier molecular flexibility index (Phi) is 3.24. The normalized spacial score (nSPS) is 21.1. The molecule has 1 saturated heterocycles. The van der Waals surface area contributed by atoms with Crippen molar-refractivity contribution in [1.29, 1.82) is 0 Å².